The summed E-state index contributed by atoms with van der Waals surface area (Å²) in [5.74, 6) is -1.29. The van der Waals surface area contributed by atoms with E-state index in [0.717, 1.165) is 38.1 Å². The molecule has 0 bridgehead atoms. The van der Waals surface area contributed by atoms with Crippen LogP contribution < -0.4 is 34.7 Å². The van der Waals surface area contributed by atoms with E-state index < -0.39 is 17.0 Å². The van der Waals surface area contributed by atoms with Crippen LogP contribution in [0.25, 0.3) is 32.7 Å². The second-order valence-corrected chi connectivity index (χ2v) is 19.6. The number of benzene rings is 4. The van der Waals surface area contributed by atoms with Crippen molar-refractivity contribution in [3.05, 3.63) is 118 Å². The molecule has 4 aromatic carbocycles. The van der Waals surface area contributed by atoms with Crippen LogP contribution in [0.2, 0.25) is 0 Å². The second-order valence-electron chi connectivity index (χ2n) is 15.1. The van der Waals surface area contributed by atoms with Crippen molar-refractivity contribution in [3.8, 4) is 0 Å². The van der Waals surface area contributed by atoms with Crippen molar-refractivity contribution in [1.29, 1.82) is 0 Å². The van der Waals surface area contributed by atoms with E-state index in [4.69, 9.17) is 25.2 Å². The summed E-state index contributed by atoms with van der Waals surface area (Å²) < 4.78 is 67.4. The number of aliphatic hydroxyl groups excluding tert-OH is 3. The number of fused-ring (bicyclic) bond motifs is 6. The maximum absolute atomic E-state index is 13.8. The van der Waals surface area contributed by atoms with E-state index in [1.807, 2.05) is 30.7 Å². The topological polar surface area (TPSA) is 179 Å². The van der Waals surface area contributed by atoms with Crippen LogP contribution in [-0.2, 0) is 42.1 Å². The van der Waals surface area contributed by atoms with Gasteiger partial charge in [-0.05, 0) is 76.2 Å². The van der Waals surface area contributed by atoms with Gasteiger partial charge in [-0.15, -0.1) is 0 Å². The number of hydrogen-bond acceptors (Lipinski definition) is 10. The molecule has 2 aliphatic rings. The van der Waals surface area contributed by atoms with Gasteiger partial charge < -0.3 is 30.3 Å². The van der Waals surface area contributed by atoms with Crippen LogP contribution in [0.4, 0.5) is 17.6 Å². The first-order valence-corrected chi connectivity index (χ1v) is 24.2. The third kappa shape index (κ3) is 15.4. The van der Waals surface area contributed by atoms with Crippen molar-refractivity contribution in [2.24, 2.45) is 4.99 Å². The molecule has 0 spiro atoms. The number of aliphatic hydroxyl groups is 4. The normalized spacial score (nSPS) is 13.1. The molecule has 9 rings (SSSR count). The van der Waals surface area contributed by atoms with Crippen molar-refractivity contribution < 1.29 is 77.4 Å². The van der Waals surface area contributed by atoms with Crippen molar-refractivity contribution in [2.75, 3.05) is 38.9 Å². The summed E-state index contributed by atoms with van der Waals surface area (Å²) in [6.07, 6.45) is 3.41. The fourth-order valence-electron chi connectivity index (χ4n) is 6.94. The molecule has 13 nitrogen and oxygen atoms in total. The zero-order valence-corrected chi connectivity index (χ0v) is 47.2. The van der Waals surface area contributed by atoms with Crippen LogP contribution in [0.1, 0.15) is 50.2 Å². The van der Waals surface area contributed by atoms with Gasteiger partial charge in [-0.25, -0.2) is 17.6 Å². The summed E-state index contributed by atoms with van der Waals surface area (Å²) in [7, 11) is 0.750. The molecule has 4 N–H and O–H groups in total. The molecule has 0 fully saturated rings. The van der Waals surface area contributed by atoms with Gasteiger partial charge in [0.1, 0.15) is 33.6 Å². The van der Waals surface area contributed by atoms with Crippen LogP contribution >= 0.6 is 79.6 Å². The molecule has 2 aliphatic heterocycles. The zero-order valence-electron chi connectivity index (χ0n) is 37.3. The van der Waals surface area contributed by atoms with Crippen molar-refractivity contribution >= 4 is 119 Å². The van der Waals surface area contributed by atoms with Crippen molar-refractivity contribution in [3.63, 3.8) is 0 Å². The van der Waals surface area contributed by atoms with E-state index in [2.05, 4.69) is 99.9 Å². The smallest absolute Gasteiger partial charge is 0.857 e. The SMILES string of the molecule is CC(C)(O)c1c2cc(Br)cc(F)c2nn1CCO.CC1(C)OCCn2nc3c(F)cc(Br)cc3c21.C[O-].Fc1cc(Br)cc2c1CN=C2.OCCBr.OCCn1cc2cc(Br)cc(F)c2n1.[Na+]. The Bertz CT molecular complexity index is 2780. The number of hydrogen-bond donors (Lipinski definition) is 4. The molecule has 7 aromatic rings. The number of ether oxygens (including phenoxy) is 1. The molecular formula is C44H47Br5F4N7NaO6. The third-order valence-corrected chi connectivity index (χ3v) is 11.6. The van der Waals surface area contributed by atoms with Gasteiger partial charge in [0.25, 0.3) is 0 Å². The summed E-state index contributed by atoms with van der Waals surface area (Å²) in [6, 6.07) is 12.9. The summed E-state index contributed by atoms with van der Waals surface area (Å²) in [5, 5.41) is 59.2. The Morgan fingerprint density at radius 1 is 0.731 bits per heavy atom. The van der Waals surface area contributed by atoms with Gasteiger partial charge in [0.2, 0.25) is 0 Å². The van der Waals surface area contributed by atoms with Crippen LogP contribution in [0, 0.1) is 23.3 Å². The Labute approximate surface area is 448 Å². The maximum Gasteiger partial charge on any atom is 1.00 e. The van der Waals surface area contributed by atoms with Crippen LogP contribution in [0.5, 0.6) is 0 Å². The zero-order chi connectivity index (χ0) is 49.1. The molecule has 0 atom stereocenters. The molecular weight excluding hydrogens is 1220 g/mol. The predicted octanol–water partition coefficient (Wildman–Crippen LogP) is 6.17. The van der Waals surface area contributed by atoms with Crippen LogP contribution in [-0.4, -0.2) is 94.8 Å². The van der Waals surface area contributed by atoms with Crippen LogP contribution in [0.3, 0.4) is 0 Å². The largest absolute Gasteiger partial charge is 1.00 e. The van der Waals surface area contributed by atoms with Gasteiger partial charge in [-0.2, -0.15) is 22.4 Å². The third-order valence-electron chi connectivity index (χ3n) is 9.41. The number of halogens is 9. The first kappa shape index (κ1) is 59.2. The fraction of sp³-hybridized carbons (Fsp3) is 0.364. The molecule has 0 unspecified atom stereocenters. The minimum absolute atomic E-state index is 0. The number of alkyl halides is 1. The number of nitrogens with zero attached hydrogens (tertiary/aromatic N) is 7. The monoisotopic (exact) mass is 1260 g/mol. The van der Waals surface area contributed by atoms with Gasteiger partial charge in [0.15, 0.2) is 17.5 Å². The average Bonchev–Trinajstić information content (AvgIpc) is 4.04. The van der Waals surface area contributed by atoms with Gasteiger partial charge in [0.05, 0.1) is 64.0 Å². The second kappa shape index (κ2) is 26.9. The minimum atomic E-state index is -1.17. The Hall–Kier alpha value is -2.16. The van der Waals surface area contributed by atoms with Crippen molar-refractivity contribution in [2.45, 2.75) is 65.1 Å². The first-order valence-electron chi connectivity index (χ1n) is 19.9. The van der Waals surface area contributed by atoms with E-state index >= 15 is 0 Å². The molecule has 0 saturated carbocycles. The summed E-state index contributed by atoms with van der Waals surface area (Å²) in [6.45, 7) is 9.64. The summed E-state index contributed by atoms with van der Waals surface area (Å²) >= 11 is 16.0. The van der Waals surface area contributed by atoms with Gasteiger partial charge in [-0.3, -0.25) is 19.0 Å². The molecule has 67 heavy (non-hydrogen) atoms. The van der Waals surface area contributed by atoms with Crippen molar-refractivity contribution in [1.82, 2.24) is 29.3 Å². The van der Waals surface area contributed by atoms with E-state index in [-0.39, 0.29) is 78.9 Å². The van der Waals surface area contributed by atoms with E-state index in [1.165, 1.54) is 33.6 Å². The molecule has 3 aromatic heterocycles. The number of aliphatic imine (C=N–C) groups is 1. The Morgan fingerprint density at radius 2 is 1.25 bits per heavy atom. The predicted molar refractivity (Wildman–Crippen MR) is 263 cm³/mol. The summed E-state index contributed by atoms with van der Waals surface area (Å²) in [5.41, 5.74) is 2.38. The molecule has 358 valence electrons. The van der Waals surface area contributed by atoms with E-state index in [0.29, 0.717) is 68.2 Å². The van der Waals surface area contributed by atoms with E-state index in [9.17, 15) is 22.7 Å². The Balaban J connectivity index is 0.000000229. The molecule has 23 heteroatoms. The molecule has 5 heterocycles. The maximum atomic E-state index is 13.8. The molecule has 0 saturated heterocycles. The van der Waals surface area contributed by atoms with Gasteiger partial charge >= 0.3 is 29.6 Å². The first-order chi connectivity index (χ1) is 31.2. The average molecular weight is 1270 g/mol. The van der Waals surface area contributed by atoms with Gasteiger partial charge in [-0.1, -0.05) is 79.6 Å². The fourth-order valence-corrected chi connectivity index (χ4v) is 8.69. The van der Waals surface area contributed by atoms with E-state index in [1.54, 1.807) is 38.4 Å². The Morgan fingerprint density at radius 3 is 1.82 bits per heavy atom. The Kier molecular flexibility index (Phi) is 23.7. The molecule has 0 amide bonds. The molecule has 0 aliphatic carbocycles. The minimum Gasteiger partial charge on any atom is -0.857 e. The van der Waals surface area contributed by atoms with Gasteiger partial charge in [0, 0.05) is 62.9 Å². The summed E-state index contributed by atoms with van der Waals surface area (Å²) in [4.78, 5) is 3.97. The standard InChI is InChI=1S/C12H14BrFN2O2.C12H12BrFN2O.C9H8BrFN2O.C8H5BrFN.C2H5BrO.CH3O.Na/c1-12(2,18)11-8-5-7(13)6-9(14)10(8)15-16(11)3-4-17;1-12(2)11-8-5-7(13)6-9(14)10(8)15-16(11)3-4-17-12;10-7-3-6-5-13(1-2-14)12-9(6)8(11)4-7;9-6-1-5-3-11-4-7(5)8(10)2-6;3-1-2-4;1-2;/h5-6,17-18H,3-4H2,1-2H3;5-6H,3-4H2,1-2H3;3-5,14H,1-2H2;1-3H,4H2;4H,1-2H2;1H3;/q;;;;;-1;+1. The molecule has 0 radical (unpaired) electrons. The quantitative estimate of drug-likeness (QED) is 0.0862. The van der Waals surface area contributed by atoms with Crippen LogP contribution in [0.15, 0.2) is 77.6 Å². The number of rotatable bonds is 6. The number of aromatic nitrogens is 6.